The molecule has 7 N–H and O–H groups in total. The molecule has 1 saturated heterocycles. The van der Waals surface area contributed by atoms with Gasteiger partial charge in [0, 0.05) is 0 Å². The first-order valence-corrected chi connectivity index (χ1v) is 6.69. The lowest BCUT2D eigenvalue weighted by atomic mass is 9.98. The van der Waals surface area contributed by atoms with E-state index >= 15 is 0 Å². The minimum absolute atomic E-state index is 0.0137. The van der Waals surface area contributed by atoms with Gasteiger partial charge in [0.05, 0.1) is 6.10 Å². The Labute approximate surface area is 130 Å². The number of aliphatic hydroxyl groups is 6. The average molecular weight is 340 g/mol. The molecule has 0 bridgehead atoms. The minimum Gasteiger partial charge on any atom is -0.479 e. The van der Waals surface area contributed by atoms with Crippen LogP contribution in [0.25, 0.3) is 0 Å². The molecule has 0 aliphatic carbocycles. The minimum atomic E-state index is -1.93. The van der Waals surface area contributed by atoms with Gasteiger partial charge < -0.3 is 50.0 Å². The standard InChI is InChI=1S/C12H20O11/c1-3(14)9(5(16)4(15)2-13)22-12-8(19)6(17)7(18)10(23-12)11(20)21/h2-10,12,14-19H,1H3,(H,20,21). The summed E-state index contributed by atoms with van der Waals surface area (Å²) in [7, 11) is 0. The highest BCUT2D eigenvalue weighted by Gasteiger charge is 2.49. The summed E-state index contributed by atoms with van der Waals surface area (Å²) in [6.45, 7) is 1.14. The van der Waals surface area contributed by atoms with Crippen molar-refractivity contribution in [2.45, 2.75) is 62.0 Å². The number of aldehydes is 1. The van der Waals surface area contributed by atoms with Gasteiger partial charge in [0.2, 0.25) is 0 Å². The summed E-state index contributed by atoms with van der Waals surface area (Å²) in [6.07, 6.45) is -16.5. The molecule has 1 aliphatic rings. The van der Waals surface area contributed by atoms with E-state index in [-0.39, 0.29) is 6.29 Å². The Morgan fingerprint density at radius 3 is 2.13 bits per heavy atom. The second-order valence-corrected chi connectivity index (χ2v) is 5.19. The molecule has 0 amide bonds. The summed E-state index contributed by atoms with van der Waals surface area (Å²) in [5.41, 5.74) is 0. The van der Waals surface area contributed by atoms with Gasteiger partial charge in [-0.05, 0) is 6.92 Å². The highest BCUT2D eigenvalue weighted by Crippen LogP contribution is 2.25. The lowest BCUT2D eigenvalue weighted by Crippen LogP contribution is -2.62. The molecule has 23 heavy (non-hydrogen) atoms. The van der Waals surface area contributed by atoms with Gasteiger partial charge in [0.25, 0.3) is 0 Å². The molecular formula is C12H20O11. The Kier molecular flexibility index (Phi) is 6.98. The summed E-state index contributed by atoms with van der Waals surface area (Å²) in [6, 6.07) is 0. The highest BCUT2D eigenvalue weighted by molar-refractivity contribution is 5.73. The molecular weight excluding hydrogens is 320 g/mol. The molecule has 11 nitrogen and oxygen atoms in total. The Hall–Kier alpha value is -1.18. The number of hydrogen-bond donors (Lipinski definition) is 7. The van der Waals surface area contributed by atoms with E-state index in [0.29, 0.717) is 0 Å². The third-order valence-corrected chi connectivity index (χ3v) is 3.41. The van der Waals surface area contributed by atoms with Crippen molar-refractivity contribution in [1.29, 1.82) is 0 Å². The SMILES string of the molecule is CC(O)C(OC1OC(C(=O)O)C(O)C(O)C1O)C(O)C(O)C=O. The first kappa shape index (κ1) is 19.9. The third-order valence-electron chi connectivity index (χ3n) is 3.41. The fraction of sp³-hybridized carbons (Fsp3) is 0.833. The van der Waals surface area contributed by atoms with E-state index in [1.165, 1.54) is 0 Å². The first-order chi connectivity index (χ1) is 10.6. The molecule has 1 fully saturated rings. The lowest BCUT2D eigenvalue weighted by Gasteiger charge is -2.41. The van der Waals surface area contributed by atoms with Gasteiger partial charge in [-0.2, -0.15) is 0 Å². The van der Waals surface area contributed by atoms with E-state index in [0.717, 1.165) is 6.92 Å². The molecule has 0 aromatic heterocycles. The highest BCUT2D eigenvalue weighted by atomic mass is 16.7. The number of ether oxygens (including phenoxy) is 2. The van der Waals surface area contributed by atoms with E-state index < -0.39 is 61.1 Å². The number of aliphatic hydroxyl groups excluding tert-OH is 6. The van der Waals surface area contributed by atoms with E-state index in [2.05, 4.69) is 0 Å². The quantitative estimate of drug-likeness (QED) is 0.221. The van der Waals surface area contributed by atoms with Crippen molar-refractivity contribution < 1.29 is 54.8 Å². The summed E-state index contributed by atoms with van der Waals surface area (Å²) in [5, 5.41) is 66.4. The second-order valence-electron chi connectivity index (χ2n) is 5.19. The molecule has 9 unspecified atom stereocenters. The maximum Gasteiger partial charge on any atom is 0.335 e. The normalized spacial score (nSPS) is 36.7. The molecule has 1 rings (SSSR count). The van der Waals surface area contributed by atoms with E-state index in [4.69, 9.17) is 14.6 Å². The molecule has 11 heteroatoms. The van der Waals surface area contributed by atoms with Crippen molar-refractivity contribution >= 4 is 12.3 Å². The molecule has 1 heterocycles. The van der Waals surface area contributed by atoms with E-state index in [9.17, 15) is 40.2 Å². The van der Waals surface area contributed by atoms with Crippen molar-refractivity contribution in [1.82, 2.24) is 0 Å². The molecule has 134 valence electrons. The molecule has 0 spiro atoms. The van der Waals surface area contributed by atoms with Crippen LogP contribution in [0.2, 0.25) is 0 Å². The van der Waals surface area contributed by atoms with Crippen LogP contribution in [-0.2, 0) is 19.1 Å². The monoisotopic (exact) mass is 340 g/mol. The largest absolute Gasteiger partial charge is 0.479 e. The Morgan fingerprint density at radius 1 is 1.13 bits per heavy atom. The summed E-state index contributed by atoms with van der Waals surface area (Å²) < 4.78 is 9.84. The van der Waals surface area contributed by atoms with Gasteiger partial charge in [-0.1, -0.05) is 0 Å². The number of carboxylic acids is 1. The number of carbonyl (C=O) groups is 2. The van der Waals surface area contributed by atoms with Gasteiger partial charge >= 0.3 is 5.97 Å². The van der Waals surface area contributed by atoms with Crippen LogP contribution in [0.1, 0.15) is 6.92 Å². The van der Waals surface area contributed by atoms with E-state index in [1.54, 1.807) is 0 Å². The smallest absolute Gasteiger partial charge is 0.335 e. The number of aliphatic carboxylic acids is 1. The van der Waals surface area contributed by atoms with Gasteiger partial charge in [-0.25, -0.2) is 4.79 Å². The molecule has 9 atom stereocenters. The van der Waals surface area contributed by atoms with Crippen LogP contribution in [0, 0.1) is 0 Å². The van der Waals surface area contributed by atoms with Gasteiger partial charge in [0.1, 0.15) is 36.6 Å². The topological polar surface area (TPSA) is 194 Å². The van der Waals surface area contributed by atoms with Crippen molar-refractivity contribution in [2.24, 2.45) is 0 Å². The molecule has 1 aliphatic heterocycles. The zero-order valence-corrected chi connectivity index (χ0v) is 12.0. The number of rotatable bonds is 7. The lowest BCUT2D eigenvalue weighted by molar-refractivity contribution is -0.318. The van der Waals surface area contributed by atoms with Crippen molar-refractivity contribution in [3.63, 3.8) is 0 Å². The fourth-order valence-corrected chi connectivity index (χ4v) is 2.07. The first-order valence-electron chi connectivity index (χ1n) is 6.69. The van der Waals surface area contributed by atoms with Crippen LogP contribution in [0.5, 0.6) is 0 Å². The molecule has 0 aromatic carbocycles. The van der Waals surface area contributed by atoms with Gasteiger partial charge in [0.15, 0.2) is 18.7 Å². The van der Waals surface area contributed by atoms with Crippen molar-refractivity contribution in [3.8, 4) is 0 Å². The van der Waals surface area contributed by atoms with Crippen molar-refractivity contribution in [3.05, 3.63) is 0 Å². The number of hydrogen-bond acceptors (Lipinski definition) is 10. The Bertz CT molecular complexity index is 414. The predicted octanol–water partition coefficient (Wildman–Crippen LogP) is -4.43. The van der Waals surface area contributed by atoms with Gasteiger partial charge in [-0.15, -0.1) is 0 Å². The third kappa shape index (κ3) is 4.43. The van der Waals surface area contributed by atoms with Crippen LogP contribution >= 0.6 is 0 Å². The second kappa shape index (κ2) is 8.08. The maximum absolute atomic E-state index is 11.0. The fourth-order valence-electron chi connectivity index (χ4n) is 2.07. The Morgan fingerprint density at radius 2 is 1.70 bits per heavy atom. The summed E-state index contributed by atoms with van der Waals surface area (Å²) in [5.74, 6) is -1.64. The van der Waals surface area contributed by atoms with Crippen LogP contribution < -0.4 is 0 Å². The van der Waals surface area contributed by atoms with Gasteiger partial charge in [-0.3, -0.25) is 0 Å². The number of carbonyl (C=O) groups excluding carboxylic acids is 1. The molecule has 0 radical (unpaired) electrons. The summed E-state index contributed by atoms with van der Waals surface area (Å²) >= 11 is 0. The number of carboxylic acid groups (broad SMARTS) is 1. The maximum atomic E-state index is 11.0. The Balaban J connectivity index is 2.93. The zero-order chi connectivity index (χ0) is 17.9. The zero-order valence-electron chi connectivity index (χ0n) is 12.0. The van der Waals surface area contributed by atoms with Crippen molar-refractivity contribution in [2.75, 3.05) is 0 Å². The predicted molar refractivity (Wildman–Crippen MR) is 68.9 cm³/mol. The van der Waals surface area contributed by atoms with Crippen LogP contribution in [-0.4, -0.2) is 103 Å². The van der Waals surface area contributed by atoms with Crippen LogP contribution in [0.3, 0.4) is 0 Å². The average Bonchev–Trinajstić information content (AvgIpc) is 2.49. The van der Waals surface area contributed by atoms with Crippen LogP contribution in [0.4, 0.5) is 0 Å². The van der Waals surface area contributed by atoms with E-state index in [1.807, 2.05) is 0 Å². The van der Waals surface area contributed by atoms with Crippen LogP contribution in [0.15, 0.2) is 0 Å². The molecule has 0 saturated carbocycles. The molecule has 0 aromatic rings. The summed E-state index contributed by atoms with van der Waals surface area (Å²) in [4.78, 5) is 21.4.